The van der Waals surface area contributed by atoms with Gasteiger partial charge in [-0.2, -0.15) is 0 Å². The molecule has 0 aliphatic heterocycles. The summed E-state index contributed by atoms with van der Waals surface area (Å²) < 4.78 is 0. The summed E-state index contributed by atoms with van der Waals surface area (Å²) in [6.45, 7) is 0. The number of hydrogen-bond donors (Lipinski definition) is 1. The monoisotopic (exact) mass is 165 g/mol. The first-order valence-electron chi connectivity index (χ1n) is 4.79. The Morgan fingerprint density at radius 1 is 1.42 bits per heavy atom. The Morgan fingerprint density at radius 2 is 2.25 bits per heavy atom. The predicted molar refractivity (Wildman–Crippen MR) is 47.3 cm³/mol. The maximum Gasteiger partial charge on any atom is 0.244 e. The molecule has 2 nitrogen and oxygen atoms in total. The van der Waals surface area contributed by atoms with E-state index in [0.717, 1.165) is 17.9 Å². The third-order valence-electron chi connectivity index (χ3n) is 3.24. The van der Waals surface area contributed by atoms with Gasteiger partial charge < -0.3 is 5.73 Å². The highest BCUT2D eigenvalue weighted by atomic mass is 16.1. The van der Waals surface area contributed by atoms with E-state index in [1.54, 1.807) is 0 Å². The fourth-order valence-electron chi connectivity index (χ4n) is 2.68. The summed E-state index contributed by atoms with van der Waals surface area (Å²) >= 11 is 0. The van der Waals surface area contributed by atoms with Crippen LogP contribution in [0, 0.1) is 11.8 Å². The first-order chi connectivity index (χ1) is 5.79. The van der Waals surface area contributed by atoms with Crippen molar-refractivity contribution in [2.75, 3.05) is 0 Å². The first kappa shape index (κ1) is 7.84. The Balaban J connectivity index is 2.21. The molecule has 1 amide bonds. The molecule has 0 aromatic carbocycles. The number of carbonyl (C=O) groups is 1. The predicted octanol–water partition coefficient (Wildman–Crippen LogP) is 1.61. The third kappa shape index (κ3) is 1.15. The van der Waals surface area contributed by atoms with E-state index in [4.69, 9.17) is 5.73 Å². The van der Waals surface area contributed by atoms with Crippen LogP contribution in [0.2, 0.25) is 0 Å². The lowest BCUT2D eigenvalue weighted by Gasteiger charge is -2.24. The van der Waals surface area contributed by atoms with Crippen LogP contribution in [0.3, 0.4) is 0 Å². The Bertz CT molecular complexity index is 232. The lowest BCUT2D eigenvalue weighted by Crippen LogP contribution is -2.25. The SMILES string of the molecule is NC(=O)C1=CCCC2CCCC12. The average Bonchev–Trinajstić information content (AvgIpc) is 2.49. The molecule has 0 spiro atoms. The summed E-state index contributed by atoms with van der Waals surface area (Å²) in [6.07, 6.45) is 8.13. The molecule has 2 aliphatic rings. The van der Waals surface area contributed by atoms with Crippen molar-refractivity contribution in [2.24, 2.45) is 17.6 Å². The molecule has 2 aliphatic carbocycles. The Morgan fingerprint density at radius 3 is 3.00 bits per heavy atom. The van der Waals surface area contributed by atoms with Crippen LogP contribution in [0.25, 0.3) is 0 Å². The van der Waals surface area contributed by atoms with E-state index < -0.39 is 0 Å². The maximum atomic E-state index is 11.1. The molecule has 0 aromatic rings. The van der Waals surface area contributed by atoms with Gasteiger partial charge in [0.05, 0.1) is 0 Å². The lowest BCUT2D eigenvalue weighted by molar-refractivity contribution is -0.115. The van der Waals surface area contributed by atoms with Gasteiger partial charge in [0.15, 0.2) is 0 Å². The van der Waals surface area contributed by atoms with Crippen molar-refractivity contribution >= 4 is 5.91 Å². The number of fused-ring (bicyclic) bond motifs is 1. The third-order valence-corrected chi connectivity index (χ3v) is 3.24. The first-order valence-corrected chi connectivity index (χ1v) is 4.79. The van der Waals surface area contributed by atoms with Crippen molar-refractivity contribution in [1.29, 1.82) is 0 Å². The lowest BCUT2D eigenvalue weighted by atomic mass is 9.80. The minimum absolute atomic E-state index is 0.188. The van der Waals surface area contributed by atoms with E-state index in [2.05, 4.69) is 6.08 Å². The van der Waals surface area contributed by atoms with Crippen LogP contribution in [-0.4, -0.2) is 5.91 Å². The van der Waals surface area contributed by atoms with Crippen LogP contribution in [0.5, 0.6) is 0 Å². The van der Waals surface area contributed by atoms with E-state index in [-0.39, 0.29) is 5.91 Å². The van der Waals surface area contributed by atoms with Crippen LogP contribution in [0.1, 0.15) is 32.1 Å². The van der Waals surface area contributed by atoms with Crippen LogP contribution in [0.15, 0.2) is 11.6 Å². The van der Waals surface area contributed by atoms with E-state index in [0.29, 0.717) is 5.92 Å². The molecule has 0 aromatic heterocycles. The Hall–Kier alpha value is -0.790. The second kappa shape index (κ2) is 2.92. The van der Waals surface area contributed by atoms with Gasteiger partial charge in [-0.3, -0.25) is 4.79 Å². The number of amides is 1. The van der Waals surface area contributed by atoms with Gasteiger partial charge in [0.1, 0.15) is 0 Å². The highest BCUT2D eigenvalue weighted by Crippen LogP contribution is 2.42. The largest absolute Gasteiger partial charge is 0.366 e. The molecule has 2 heteroatoms. The number of hydrogen-bond acceptors (Lipinski definition) is 1. The number of carbonyl (C=O) groups excluding carboxylic acids is 1. The number of allylic oxidation sites excluding steroid dienone is 1. The van der Waals surface area contributed by atoms with Crippen molar-refractivity contribution in [2.45, 2.75) is 32.1 Å². The van der Waals surface area contributed by atoms with Crippen LogP contribution in [0.4, 0.5) is 0 Å². The fourth-order valence-corrected chi connectivity index (χ4v) is 2.68. The molecule has 1 fully saturated rings. The van der Waals surface area contributed by atoms with E-state index in [1.807, 2.05) is 0 Å². The van der Waals surface area contributed by atoms with Crippen molar-refractivity contribution in [1.82, 2.24) is 0 Å². The van der Waals surface area contributed by atoms with E-state index in [9.17, 15) is 4.79 Å². The van der Waals surface area contributed by atoms with Gasteiger partial charge in [0.25, 0.3) is 0 Å². The molecular weight excluding hydrogens is 150 g/mol. The van der Waals surface area contributed by atoms with E-state index in [1.165, 1.54) is 25.7 Å². The molecule has 2 N–H and O–H groups in total. The topological polar surface area (TPSA) is 43.1 Å². The molecular formula is C10H15NO. The zero-order chi connectivity index (χ0) is 8.55. The fraction of sp³-hybridized carbons (Fsp3) is 0.700. The molecule has 2 rings (SSSR count). The van der Waals surface area contributed by atoms with Crippen molar-refractivity contribution in [3.63, 3.8) is 0 Å². The molecule has 66 valence electrons. The van der Waals surface area contributed by atoms with Gasteiger partial charge in [0, 0.05) is 5.57 Å². The highest BCUT2D eigenvalue weighted by Gasteiger charge is 2.33. The second-order valence-corrected chi connectivity index (χ2v) is 3.90. The highest BCUT2D eigenvalue weighted by molar-refractivity contribution is 5.92. The molecule has 12 heavy (non-hydrogen) atoms. The number of nitrogens with two attached hydrogens (primary N) is 1. The minimum Gasteiger partial charge on any atom is -0.366 e. The van der Waals surface area contributed by atoms with Crippen molar-refractivity contribution in [3.8, 4) is 0 Å². The molecule has 0 bridgehead atoms. The molecule has 0 heterocycles. The standard InChI is InChI=1S/C10H15NO/c11-10(12)9-6-2-4-7-3-1-5-8(7)9/h6-8H,1-5H2,(H2,11,12). The summed E-state index contributed by atoms with van der Waals surface area (Å²) in [6, 6.07) is 0. The zero-order valence-electron chi connectivity index (χ0n) is 7.25. The average molecular weight is 165 g/mol. The van der Waals surface area contributed by atoms with Crippen LogP contribution >= 0.6 is 0 Å². The Labute approximate surface area is 72.8 Å². The minimum atomic E-state index is -0.188. The van der Waals surface area contributed by atoms with E-state index >= 15 is 0 Å². The maximum absolute atomic E-state index is 11.1. The zero-order valence-corrected chi connectivity index (χ0v) is 7.25. The molecule has 1 saturated carbocycles. The van der Waals surface area contributed by atoms with Gasteiger partial charge in [-0.05, 0) is 37.5 Å². The second-order valence-electron chi connectivity index (χ2n) is 3.90. The molecule has 0 radical (unpaired) electrons. The van der Waals surface area contributed by atoms with Crippen molar-refractivity contribution in [3.05, 3.63) is 11.6 Å². The normalized spacial score (nSPS) is 34.2. The number of primary amides is 1. The Kier molecular flexibility index (Phi) is 1.91. The summed E-state index contributed by atoms with van der Waals surface area (Å²) in [5, 5.41) is 0. The molecule has 2 unspecified atom stereocenters. The molecule has 2 atom stereocenters. The summed E-state index contributed by atoms with van der Waals surface area (Å²) in [5.41, 5.74) is 6.24. The molecule has 0 saturated heterocycles. The summed E-state index contributed by atoms with van der Waals surface area (Å²) in [7, 11) is 0. The quantitative estimate of drug-likeness (QED) is 0.630. The smallest absolute Gasteiger partial charge is 0.244 e. The van der Waals surface area contributed by atoms with Crippen molar-refractivity contribution < 1.29 is 4.79 Å². The summed E-state index contributed by atoms with van der Waals surface area (Å²) in [4.78, 5) is 11.1. The van der Waals surface area contributed by atoms with Crippen LogP contribution in [-0.2, 0) is 4.79 Å². The summed E-state index contributed by atoms with van der Waals surface area (Å²) in [5.74, 6) is 1.08. The van der Waals surface area contributed by atoms with Gasteiger partial charge in [-0.15, -0.1) is 0 Å². The van der Waals surface area contributed by atoms with Gasteiger partial charge in [-0.1, -0.05) is 12.5 Å². The van der Waals surface area contributed by atoms with Crippen LogP contribution < -0.4 is 5.73 Å². The van der Waals surface area contributed by atoms with Gasteiger partial charge in [0.2, 0.25) is 5.91 Å². The number of rotatable bonds is 1. The van der Waals surface area contributed by atoms with Gasteiger partial charge >= 0.3 is 0 Å². The van der Waals surface area contributed by atoms with Gasteiger partial charge in [-0.25, -0.2) is 0 Å².